The summed E-state index contributed by atoms with van der Waals surface area (Å²) in [5.41, 5.74) is 3.26. The van der Waals surface area contributed by atoms with Crippen LogP contribution in [0.25, 0.3) is 0 Å². The van der Waals surface area contributed by atoms with Crippen LogP contribution < -0.4 is 5.43 Å². The Morgan fingerprint density at radius 3 is 2.38 bits per heavy atom. The molecule has 7 nitrogen and oxygen atoms in total. The first-order valence-corrected chi connectivity index (χ1v) is 8.34. The number of nitrogens with one attached hydrogen (secondary N) is 1. The maximum atomic E-state index is 12.6. The summed E-state index contributed by atoms with van der Waals surface area (Å²) in [6.45, 7) is 0. The lowest BCUT2D eigenvalue weighted by Crippen LogP contribution is -2.12. The van der Waals surface area contributed by atoms with Crippen molar-refractivity contribution in [2.75, 3.05) is 5.43 Å². The van der Waals surface area contributed by atoms with E-state index in [1.165, 1.54) is 42.3 Å². The molecule has 0 fully saturated rings. The van der Waals surface area contributed by atoms with Crippen LogP contribution in [0.1, 0.15) is 10.6 Å². The Hall–Kier alpha value is -3.39. The second-order valence-electron chi connectivity index (χ2n) is 5.05. The Balaban J connectivity index is 1.83. The van der Waals surface area contributed by atoms with Gasteiger partial charge in [-0.05, 0) is 36.4 Å². The number of furan rings is 1. The maximum Gasteiger partial charge on any atom is 0.269 e. The van der Waals surface area contributed by atoms with Gasteiger partial charge in [0.25, 0.3) is 11.5 Å². The minimum Gasteiger partial charge on any atom is -0.461 e. The normalized spacial score (nSPS) is 11.2. The van der Waals surface area contributed by atoms with Gasteiger partial charge in [0.2, 0.25) is 0 Å². The highest BCUT2D eigenvalue weighted by atomic mass is 32.2. The molecule has 0 saturated carbocycles. The monoisotopic (exact) mass is 367 g/mol. The molecule has 0 aliphatic heterocycles. The van der Waals surface area contributed by atoms with E-state index in [-0.39, 0.29) is 22.3 Å². The zero-order valence-corrected chi connectivity index (χ0v) is 14.2. The smallest absolute Gasteiger partial charge is 0.269 e. The van der Waals surface area contributed by atoms with Crippen LogP contribution in [-0.2, 0) is 0 Å². The molecule has 0 unspecified atom stereocenters. The highest BCUT2D eigenvalue weighted by Gasteiger charge is 2.18. The Morgan fingerprint density at radius 2 is 1.77 bits per heavy atom. The molecule has 0 bridgehead atoms. The molecular weight excluding hydrogens is 354 g/mol. The highest BCUT2D eigenvalue weighted by molar-refractivity contribution is 8.15. The first kappa shape index (κ1) is 17.4. The van der Waals surface area contributed by atoms with Gasteiger partial charge < -0.3 is 4.42 Å². The number of Topliss-reactive ketones (excluding diaryl/α,β-unsaturated/α-hetero) is 1. The van der Waals surface area contributed by atoms with E-state index in [0.29, 0.717) is 5.69 Å². The number of nitro benzene ring substituents is 1. The van der Waals surface area contributed by atoms with E-state index in [0.717, 1.165) is 4.90 Å². The summed E-state index contributed by atoms with van der Waals surface area (Å²) in [6, 6.07) is 18.3. The van der Waals surface area contributed by atoms with E-state index in [1.54, 1.807) is 12.1 Å². The molecular formula is C18H13N3O4S. The van der Waals surface area contributed by atoms with Crippen molar-refractivity contribution in [3.63, 3.8) is 0 Å². The van der Waals surface area contributed by atoms with Crippen molar-refractivity contribution in [2.24, 2.45) is 5.10 Å². The quantitative estimate of drug-likeness (QED) is 0.171. The number of thioether (sulfide) groups is 1. The van der Waals surface area contributed by atoms with Gasteiger partial charge in [0.1, 0.15) is 0 Å². The third kappa shape index (κ3) is 4.37. The second kappa shape index (κ2) is 8.13. The van der Waals surface area contributed by atoms with E-state index in [1.807, 2.05) is 30.3 Å². The van der Waals surface area contributed by atoms with Crippen LogP contribution in [-0.4, -0.2) is 15.8 Å². The fourth-order valence-electron chi connectivity index (χ4n) is 2.01. The predicted octanol–water partition coefficient (Wildman–Crippen LogP) is 4.59. The third-order valence-electron chi connectivity index (χ3n) is 3.26. The number of carbonyl (C=O) groups is 1. The molecule has 0 saturated heterocycles. The van der Waals surface area contributed by atoms with Crippen molar-refractivity contribution in [1.29, 1.82) is 0 Å². The molecule has 0 amide bonds. The number of nitro groups is 1. The topological polar surface area (TPSA) is 97.7 Å². The number of ketones is 1. The summed E-state index contributed by atoms with van der Waals surface area (Å²) in [5, 5.41) is 15.1. The summed E-state index contributed by atoms with van der Waals surface area (Å²) >= 11 is 1.19. The number of rotatable bonds is 6. The lowest BCUT2D eigenvalue weighted by Gasteiger charge is -2.06. The zero-order chi connectivity index (χ0) is 18.4. The summed E-state index contributed by atoms with van der Waals surface area (Å²) in [7, 11) is 0. The first-order valence-electron chi connectivity index (χ1n) is 7.53. The number of hydrogen-bond donors (Lipinski definition) is 1. The van der Waals surface area contributed by atoms with Crippen molar-refractivity contribution in [1.82, 2.24) is 0 Å². The average Bonchev–Trinajstić information content (AvgIpc) is 3.20. The van der Waals surface area contributed by atoms with Crippen molar-refractivity contribution >= 4 is 34.0 Å². The SMILES string of the molecule is O=C(/C(=N\Nc1ccc([N+](=O)[O-])cc1)Sc1ccccc1)c1ccco1. The summed E-state index contributed by atoms with van der Waals surface area (Å²) in [4.78, 5) is 23.7. The van der Waals surface area contributed by atoms with Gasteiger partial charge >= 0.3 is 0 Å². The van der Waals surface area contributed by atoms with Crippen LogP contribution >= 0.6 is 11.8 Å². The minimum absolute atomic E-state index is 0.0231. The second-order valence-corrected chi connectivity index (χ2v) is 6.12. The summed E-state index contributed by atoms with van der Waals surface area (Å²) in [5.74, 6) is -0.184. The molecule has 1 N–H and O–H groups in total. The highest BCUT2D eigenvalue weighted by Crippen LogP contribution is 2.23. The molecule has 0 atom stereocenters. The number of hydrogen-bond acceptors (Lipinski definition) is 7. The largest absolute Gasteiger partial charge is 0.461 e. The van der Waals surface area contributed by atoms with Crippen LogP contribution in [0.5, 0.6) is 0 Å². The van der Waals surface area contributed by atoms with Crippen LogP contribution in [0.4, 0.5) is 11.4 Å². The van der Waals surface area contributed by atoms with Crippen LogP contribution in [0, 0.1) is 10.1 Å². The molecule has 0 aliphatic carbocycles. The molecule has 2 aromatic carbocycles. The molecule has 1 aromatic heterocycles. The van der Waals surface area contributed by atoms with Crippen molar-refractivity contribution in [2.45, 2.75) is 4.90 Å². The molecule has 130 valence electrons. The minimum atomic E-state index is -0.482. The fraction of sp³-hybridized carbons (Fsp3) is 0. The number of non-ortho nitro benzene ring substituents is 1. The Bertz CT molecular complexity index is 923. The summed E-state index contributed by atoms with van der Waals surface area (Å²) < 4.78 is 5.16. The first-order chi connectivity index (χ1) is 12.6. The van der Waals surface area contributed by atoms with E-state index >= 15 is 0 Å². The molecule has 26 heavy (non-hydrogen) atoms. The third-order valence-corrected chi connectivity index (χ3v) is 4.24. The van der Waals surface area contributed by atoms with E-state index in [4.69, 9.17) is 4.42 Å². The summed E-state index contributed by atoms with van der Waals surface area (Å²) in [6.07, 6.45) is 1.42. The Labute approximate surface area is 152 Å². The maximum absolute atomic E-state index is 12.6. The van der Waals surface area contributed by atoms with Crippen molar-refractivity contribution < 1.29 is 14.1 Å². The molecule has 1 heterocycles. The lowest BCUT2D eigenvalue weighted by molar-refractivity contribution is -0.384. The number of hydrazone groups is 1. The molecule has 3 rings (SSSR count). The Kier molecular flexibility index (Phi) is 5.45. The predicted molar refractivity (Wildman–Crippen MR) is 99.5 cm³/mol. The van der Waals surface area contributed by atoms with Gasteiger partial charge in [-0.3, -0.25) is 20.3 Å². The zero-order valence-electron chi connectivity index (χ0n) is 13.4. The van der Waals surface area contributed by atoms with Gasteiger partial charge in [-0.2, -0.15) is 5.10 Å². The van der Waals surface area contributed by atoms with Crippen LogP contribution in [0.2, 0.25) is 0 Å². The number of benzene rings is 2. The molecule has 8 heteroatoms. The standard InChI is InChI=1S/C18H13N3O4S/c22-17(16-7-4-12-25-16)18(26-15-5-2-1-3-6-15)20-19-13-8-10-14(11-9-13)21(23)24/h1-12,19H/b20-18+. The van der Waals surface area contributed by atoms with E-state index in [9.17, 15) is 14.9 Å². The molecule has 0 spiro atoms. The van der Waals surface area contributed by atoms with Crippen LogP contribution in [0.15, 0.2) is 87.4 Å². The Morgan fingerprint density at radius 1 is 1.04 bits per heavy atom. The lowest BCUT2D eigenvalue weighted by atomic mass is 10.3. The van der Waals surface area contributed by atoms with Crippen molar-refractivity contribution in [3.8, 4) is 0 Å². The van der Waals surface area contributed by atoms with E-state index in [2.05, 4.69) is 10.5 Å². The van der Waals surface area contributed by atoms with Crippen LogP contribution in [0.3, 0.4) is 0 Å². The van der Waals surface area contributed by atoms with Gasteiger partial charge in [0.05, 0.1) is 16.9 Å². The van der Waals surface area contributed by atoms with Gasteiger partial charge in [-0.15, -0.1) is 0 Å². The van der Waals surface area contributed by atoms with Crippen molar-refractivity contribution in [3.05, 3.63) is 88.9 Å². The molecule has 3 aromatic rings. The van der Waals surface area contributed by atoms with Gasteiger partial charge in [0, 0.05) is 17.0 Å². The van der Waals surface area contributed by atoms with Gasteiger partial charge in [-0.25, -0.2) is 0 Å². The molecule has 0 aliphatic rings. The average molecular weight is 367 g/mol. The number of anilines is 1. The van der Waals surface area contributed by atoms with E-state index < -0.39 is 4.92 Å². The number of nitrogens with zero attached hydrogens (tertiary/aromatic N) is 2. The molecule has 0 radical (unpaired) electrons. The fourth-order valence-corrected chi connectivity index (χ4v) is 2.81. The number of carbonyl (C=O) groups excluding carboxylic acids is 1. The van der Waals surface area contributed by atoms with Gasteiger partial charge in [-0.1, -0.05) is 30.0 Å². The van der Waals surface area contributed by atoms with Gasteiger partial charge in [0.15, 0.2) is 10.8 Å².